The molecule has 0 radical (unpaired) electrons. The van der Waals surface area contributed by atoms with Crippen molar-refractivity contribution in [3.05, 3.63) is 136 Å². The van der Waals surface area contributed by atoms with Crippen molar-refractivity contribution in [2.75, 3.05) is 0 Å². The fraction of sp³-hybridized carbons (Fsp3) is 0.188. The van der Waals surface area contributed by atoms with Crippen molar-refractivity contribution in [2.24, 2.45) is 0 Å². The summed E-state index contributed by atoms with van der Waals surface area (Å²) in [6.07, 6.45) is -12.7. The van der Waals surface area contributed by atoms with E-state index in [1.165, 1.54) is 12.1 Å². The zero-order chi connectivity index (χ0) is 33.2. The van der Waals surface area contributed by atoms with Crippen LogP contribution in [0.5, 0.6) is 5.75 Å². The Bertz CT molecular complexity index is 1690. The minimum absolute atomic E-state index is 0.0463. The second-order valence-electron chi connectivity index (χ2n) is 10.1. The molecule has 0 aliphatic heterocycles. The monoisotopic (exact) mass is 637 g/mol. The van der Waals surface area contributed by atoms with Crippen LogP contribution in [0.4, 0.5) is 35.1 Å². The maximum Gasteiger partial charge on any atom is 0.429 e. The van der Waals surface area contributed by atoms with Gasteiger partial charge in [-0.15, -0.1) is 0 Å². The van der Waals surface area contributed by atoms with Crippen LogP contribution in [0, 0.1) is 11.6 Å². The number of carbonyl (C=O) groups excluding carboxylic acids is 1. The highest BCUT2D eigenvalue weighted by molar-refractivity contribution is 5.95. The highest BCUT2D eigenvalue weighted by Gasteiger charge is 2.42. The van der Waals surface area contributed by atoms with Crippen LogP contribution in [0.25, 0.3) is 0 Å². The van der Waals surface area contributed by atoms with Crippen LogP contribution >= 0.6 is 0 Å². The molecule has 0 aromatic heterocycles. The first-order chi connectivity index (χ1) is 21.0. The molecule has 5 nitrogen and oxygen atoms in total. The van der Waals surface area contributed by atoms with Gasteiger partial charge in [-0.2, -0.15) is 22.0 Å². The zero-order valence-corrected chi connectivity index (χ0v) is 23.1. The van der Waals surface area contributed by atoms with Crippen molar-refractivity contribution in [1.29, 1.82) is 0 Å². The highest BCUT2D eigenvalue weighted by Crippen LogP contribution is 2.39. The number of carbonyl (C=O) groups is 2. The van der Waals surface area contributed by atoms with E-state index in [-0.39, 0.29) is 29.2 Å². The Morgan fingerprint density at radius 3 is 2.02 bits per heavy atom. The minimum Gasteiger partial charge on any atom is -0.478 e. The quantitative estimate of drug-likeness (QED) is 0.173. The minimum atomic E-state index is -5.16. The number of carboxylic acids is 1. The van der Waals surface area contributed by atoms with Crippen LogP contribution < -0.4 is 10.1 Å². The van der Waals surface area contributed by atoms with Gasteiger partial charge < -0.3 is 15.2 Å². The predicted octanol–water partition coefficient (Wildman–Crippen LogP) is 7.93. The fourth-order valence-corrected chi connectivity index (χ4v) is 4.61. The molecule has 0 fully saturated rings. The van der Waals surface area contributed by atoms with Crippen molar-refractivity contribution in [3.63, 3.8) is 0 Å². The Morgan fingerprint density at radius 2 is 1.44 bits per heavy atom. The summed E-state index contributed by atoms with van der Waals surface area (Å²) in [6.45, 7) is 0.516. The van der Waals surface area contributed by atoms with Gasteiger partial charge in [0.15, 0.2) is 0 Å². The van der Waals surface area contributed by atoms with E-state index in [4.69, 9.17) is 0 Å². The lowest BCUT2D eigenvalue weighted by molar-refractivity contribution is -0.215. The van der Waals surface area contributed by atoms with Crippen LogP contribution in [0.15, 0.2) is 91.0 Å². The molecule has 2 atom stereocenters. The number of alkyl halides is 6. The van der Waals surface area contributed by atoms with Gasteiger partial charge in [-0.1, -0.05) is 42.5 Å². The van der Waals surface area contributed by atoms with E-state index in [1.807, 2.05) is 0 Å². The predicted molar refractivity (Wildman–Crippen MR) is 146 cm³/mol. The number of rotatable bonds is 10. The number of amides is 1. The molecule has 236 valence electrons. The average molecular weight is 638 g/mol. The van der Waals surface area contributed by atoms with Gasteiger partial charge >= 0.3 is 18.3 Å². The van der Waals surface area contributed by atoms with E-state index < -0.39 is 64.4 Å². The van der Waals surface area contributed by atoms with Gasteiger partial charge in [0, 0.05) is 18.1 Å². The molecule has 0 saturated carbocycles. The summed E-state index contributed by atoms with van der Waals surface area (Å²) >= 11 is 0. The smallest absolute Gasteiger partial charge is 0.429 e. The SMILES string of the molecule is CC(F)C(F)(F)Oc1cc(F)cc([C@](Cc2ccccc2)(NC(=O)c2ccc(F)c(C(F)(F)F)c2)c2ccc(C(=O)O)cc2)c1. The molecule has 0 bridgehead atoms. The molecule has 0 aliphatic carbocycles. The molecular formula is C32H23F8NO4. The number of nitrogens with one attached hydrogen (secondary N) is 1. The molecule has 1 amide bonds. The molecule has 0 aliphatic rings. The number of carboxylic acid groups (broad SMARTS) is 1. The second kappa shape index (κ2) is 12.6. The molecule has 0 heterocycles. The van der Waals surface area contributed by atoms with E-state index in [9.17, 15) is 45.4 Å². The third kappa shape index (κ3) is 7.41. The van der Waals surface area contributed by atoms with Crippen molar-refractivity contribution in [3.8, 4) is 5.75 Å². The van der Waals surface area contributed by atoms with Crippen LogP contribution in [0.3, 0.4) is 0 Å². The topological polar surface area (TPSA) is 75.6 Å². The lowest BCUT2D eigenvalue weighted by Gasteiger charge is -2.37. The molecule has 13 heteroatoms. The highest BCUT2D eigenvalue weighted by atomic mass is 19.4. The molecular weight excluding hydrogens is 614 g/mol. The summed E-state index contributed by atoms with van der Waals surface area (Å²) in [5.41, 5.74) is -4.40. The van der Waals surface area contributed by atoms with Gasteiger partial charge in [-0.25, -0.2) is 18.0 Å². The molecule has 0 spiro atoms. The van der Waals surface area contributed by atoms with E-state index in [0.29, 0.717) is 24.6 Å². The van der Waals surface area contributed by atoms with Crippen LogP contribution in [0.2, 0.25) is 0 Å². The summed E-state index contributed by atoms with van der Waals surface area (Å²) in [5.74, 6) is -6.20. The van der Waals surface area contributed by atoms with Gasteiger partial charge in [0.2, 0.25) is 6.17 Å². The fourth-order valence-electron chi connectivity index (χ4n) is 4.61. The normalized spacial score (nSPS) is 13.9. The summed E-state index contributed by atoms with van der Waals surface area (Å²) in [5, 5.41) is 12.0. The van der Waals surface area contributed by atoms with Crippen LogP contribution in [-0.4, -0.2) is 29.3 Å². The van der Waals surface area contributed by atoms with Gasteiger partial charge in [0.1, 0.15) is 17.4 Å². The van der Waals surface area contributed by atoms with Crippen LogP contribution in [0.1, 0.15) is 49.9 Å². The molecule has 4 rings (SSSR count). The van der Waals surface area contributed by atoms with Crippen molar-refractivity contribution in [2.45, 2.75) is 37.3 Å². The number of halogens is 8. The first-order valence-corrected chi connectivity index (χ1v) is 13.1. The van der Waals surface area contributed by atoms with E-state index >= 15 is 4.39 Å². The van der Waals surface area contributed by atoms with Gasteiger partial charge in [-0.3, -0.25) is 4.79 Å². The molecule has 2 N–H and O–H groups in total. The van der Waals surface area contributed by atoms with Crippen molar-refractivity contribution < 1.29 is 54.6 Å². The van der Waals surface area contributed by atoms with Crippen molar-refractivity contribution in [1.82, 2.24) is 5.32 Å². The molecule has 0 saturated heterocycles. The van der Waals surface area contributed by atoms with Gasteiger partial charge in [0.05, 0.1) is 16.7 Å². The van der Waals surface area contributed by atoms with E-state index in [2.05, 4.69) is 10.1 Å². The maximum atomic E-state index is 15.1. The average Bonchev–Trinajstić information content (AvgIpc) is 2.96. The third-order valence-electron chi connectivity index (χ3n) is 6.88. The number of hydrogen-bond acceptors (Lipinski definition) is 3. The lowest BCUT2D eigenvalue weighted by Crippen LogP contribution is -2.49. The molecule has 4 aromatic rings. The zero-order valence-electron chi connectivity index (χ0n) is 23.1. The molecule has 4 aromatic carbocycles. The Hall–Kier alpha value is -4.94. The van der Waals surface area contributed by atoms with Crippen molar-refractivity contribution >= 4 is 11.9 Å². The first kappa shape index (κ1) is 33.0. The Morgan fingerprint density at radius 1 is 0.822 bits per heavy atom. The van der Waals surface area contributed by atoms with Gasteiger partial charge in [0.25, 0.3) is 5.91 Å². The number of hydrogen-bond donors (Lipinski definition) is 2. The van der Waals surface area contributed by atoms with Crippen LogP contribution in [-0.2, 0) is 18.1 Å². The summed E-state index contributed by atoms with van der Waals surface area (Å²) in [6, 6.07) is 16.5. The second-order valence-corrected chi connectivity index (χ2v) is 10.1. The van der Waals surface area contributed by atoms with E-state index in [1.54, 1.807) is 30.3 Å². The lowest BCUT2D eigenvalue weighted by atomic mass is 9.77. The summed E-state index contributed by atoms with van der Waals surface area (Å²) < 4.78 is 116. The summed E-state index contributed by atoms with van der Waals surface area (Å²) in [7, 11) is 0. The van der Waals surface area contributed by atoms with E-state index in [0.717, 1.165) is 30.3 Å². The van der Waals surface area contributed by atoms with Gasteiger partial charge in [-0.05, 0) is 66.1 Å². The summed E-state index contributed by atoms with van der Waals surface area (Å²) in [4.78, 5) is 25.2. The number of benzene rings is 4. The largest absolute Gasteiger partial charge is 0.478 e. The number of aromatic carboxylic acids is 1. The Balaban J connectivity index is 1.98. The number of ether oxygens (including phenoxy) is 1. The Labute approximate surface area is 251 Å². The maximum absolute atomic E-state index is 15.1. The standard InChI is InChI=1S/C32H23F8NO4/c1-18(33)32(39,40)45-25-15-23(14-24(34)16-25)30(17-19-5-3-2-4-6-19,22-10-7-20(8-11-22)29(43)44)41-28(42)21-9-12-27(35)26(13-21)31(36,37)38/h2-16,18H,17H2,1H3,(H,41,42)(H,43,44)/t18?,30-/m1/s1. The molecule has 1 unspecified atom stereocenters. The molecule has 45 heavy (non-hydrogen) atoms. The first-order valence-electron chi connectivity index (χ1n) is 13.1. The third-order valence-corrected chi connectivity index (χ3v) is 6.88. The Kier molecular flexibility index (Phi) is 9.22.